The van der Waals surface area contributed by atoms with Gasteiger partial charge in [0.2, 0.25) is 0 Å². The number of nitrogens with zero attached hydrogens (tertiary/aromatic N) is 1. The predicted octanol–water partition coefficient (Wildman–Crippen LogP) is 2.07. The Hall–Kier alpha value is -1.36. The van der Waals surface area contributed by atoms with Gasteiger partial charge in [-0.05, 0) is 25.3 Å². The third kappa shape index (κ3) is 1.63. The van der Waals surface area contributed by atoms with Crippen LogP contribution in [-0.2, 0) is 0 Å². The van der Waals surface area contributed by atoms with E-state index in [1.807, 2.05) is 19.2 Å². The lowest BCUT2D eigenvalue weighted by molar-refractivity contribution is 0.512. The van der Waals surface area contributed by atoms with Crippen LogP contribution >= 0.6 is 11.3 Å². The molecule has 2 heterocycles. The van der Waals surface area contributed by atoms with Crippen LogP contribution in [0.5, 0.6) is 0 Å². The number of anilines is 1. The van der Waals surface area contributed by atoms with Crippen LogP contribution in [0.4, 0.5) is 6.01 Å². The smallest absolute Gasteiger partial charge is 0.349 e. The third-order valence-corrected chi connectivity index (χ3v) is 2.48. The van der Waals surface area contributed by atoms with Crippen molar-refractivity contribution in [2.75, 3.05) is 5.32 Å². The first-order chi connectivity index (χ1) is 6.66. The second-order valence-corrected chi connectivity index (χ2v) is 4.14. The Morgan fingerprint density at radius 1 is 1.57 bits per heavy atom. The zero-order chi connectivity index (χ0) is 10.1. The molecule has 0 bridgehead atoms. The number of nitrogens with one attached hydrogen (secondary N) is 1. The normalized spacial score (nSPS) is 11.1. The number of thiophene rings is 1. The first-order valence-electron chi connectivity index (χ1n) is 4.31. The lowest BCUT2D eigenvalue weighted by atomic mass is 10.4. The predicted molar refractivity (Wildman–Crippen MR) is 56.9 cm³/mol. The fourth-order valence-corrected chi connectivity index (χ4v) is 1.86. The molecule has 74 valence electrons. The molecule has 0 aliphatic carbocycles. The van der Waals surface area contributed by atoms with Crippen LogP contribution in [0.25, 0.3) is 10.2 Å². The van der Waals surface area contributed by atoms with Crippen molar-refractivity contribution < 1.29 is 4.42 Å². The van der Waals surface area contributed by atoms with Gasteiger partial charge in [0, 0.05) is 6.04 Å². The lowest BCUT2D eigenvalue weighted by Gasteiger charge is -2.05. The van der Waals surface area contributed by atoms with E-state index in [9.17, 15) is 4.79 Å². The minimum Gasteiger partial charge on any atom is -0.389 e. The van der Waals surface area contributed by atoms with Gasteiger partial charge in [-0.3, -0.25) is 0 Å². The highest BCUT2D eigenvalue weighted by Crippen LogP contribution is 2.16. The molecule has 4 nitrogen and oxygen atoms in total. The standard InChI is InChI=1S/C9H10N2O2S/c1-5(2)10-9-11-7-6(3-4-14-7)8(12)13-9/h3-5H,1-2H3,(H,10,11). The Bertz CT molecular complexity index is 501. The second kappa shape index (κ2) is 3.42. The zero-order valence-corrected chi connectivity index (χ0v) is 8.72. The van der Waals surface area contributed by atoms with Gasteiger partial charge in [0.15, 0.2) is 0 Å². The monoisotopic (exact) mass is 210 g/mol. The van der Waals surface area contributed by atoms with Crippen molar-refractivity contribution in [1.29, 1.82) is 0 Å². The SMILES string of the molecule is CC(C)Nc1nc2sccc2c(=O)o1. The van der Waals surface area contributed by atoms with Gasteiger partial charge in [0.05, 0.1) is 5.39 Å². The lowest BCUT2D eigenvalue weighted by Crippen LogP contribution is -2.13. The Kier molecular flexibility index (Phi) is 2.25. The van der Waals surface area contributed by atoms with Gasteiger partial charge < -0.3 is 9.73 Å². The average Bonchev–Trinajstić information content (AvgIpc) is 2.50. The van der Waals surface area contributed by atoms with Gasteiger partial charge in [-0.15, -0.1) is 11.3 Å². The topological polar surface area (TPSA) is 55.1 Å². The molecule has 14 heavy (non-hydrogen) atoms. The number of rotatable bonds is 2. The van der Waals surface area contributed by atoms with E-state index in [1.165, 1.54) is 11.3 Å². The van der Waals surface area contributed by atoms with Crippen LogP contribution in [0.1, 0.15) is 13.8 Å². The summed E-state index contributed by atoms with van der Waals surface area (Å²) in [7, 11) is 0. The van der Waals surface area contributed by atoms with Crippen LogP contribution in [0.2, 0.25) is 0 Å². The largest absolute Gasteiger partial charge is 0.389 e. The van der Waals surface area contributed by atoms with E-state index >= 15 is 0 Å². The Balaban J connectivity index is 2.53. The fourth-order valence-electron chi connectivity index (χ4n) is 1.11. The molecule has 5 heteroatoms. The van der Waals surface area contributed by atoms with E-state index in [1.54, 1.807) is 6.07 Å². The molecule has 0 amide bonds. The average molecular weight is 210 g/mol. The summed E-state index contributed by atoms with van der Waals surface area (Å²) < 4.78 is 4.99. The Morgan fingerprint density at radius 3 is 3.07 bits per heavy atom. The summed E-state index contributed by atoms with van der Waals surface area (Å²) in [6.07, 6.45) is 0. The molecule has 0 saturated carbocycles. The van der Waals surface area contributed by atoms with E-state index in [4.69, 9.17) is 4.42 Å². The summed E-state index contributed by atoms with van der Waals surface area (Å²) in [6, 6.07) is 2.21. The molecule has 2 aromatic heterocycles. The Labute approximate surface area is 84.6 Å². The van der Waals surface area contributed by atoms with E-state index in [0.29, 0.717) is 16.2 Å². The van der Waals surface area contributed by atoms with Crippen molar-refractivity contribution in [3.8, 4) is 0 Å². The molecule has 0 aliphatic rings. The fraction of sp³-hybridized carbons (Fsp3) is 0.333. The third-order valence-electron chi connectivity index (χ3n) is 1.67. The first-order valence-corrected chi connectivity index (χ1v) is 5.19. The van der Waals surface area contributed by atoms with Crippen molar-refractivity contribution in [3.63, 3.8) is 0 Å². The molecule has 0 spiro atoms. The highest BCUT2D eigenvalue weighted by Gasteiger charge is 2.07. The van der Waals surface area contributed by atoms with Crippen LogP contribution < -0.4 is 10.9 Å². The van der Waals surface area contributed by atoms with E-state index in [2.05, 4.69) is 10.3 Å². The van der Waals surface area contributed by atoms with Crippen molar-refractivity contribution in [3.05, 3.63) is 21.9 Å². The number of hydrogen-bond donors (Lipinski definition) is 1. The number of hydrogen-bond acceptors (Lipinski definition) is 5. The summed E-state index contributed by atoms with van der Waals surface area (Å²) >= 11 is 1.43. The highest BCUT2D eigenvalue weighted by molar-refractivity contribution is 7.16. The molecule has 1 N–H and O–H groups in total. The van der Waals surface area contributed by atoms with Gasteiger partial charge in [-0.2, -0.15) is 4.98 Å². The summed E-state index contributed by atoms with van der Waals surface area (Å²) in [4.78, 5) is 16.3. The highest BCUT2D eigenvalue weighted by atomic mass is 32.1. The molecule has 0 aliphatic heterocycles. The maximum atomic E-state index is 11.4. The molecular weight excluding hydrogens is 200 g/mol. The molecule has 0 aromatic carbocycles. The maximum Gasteiger partial charge on any atom is 0.349 e. The minimum absolute atomic E-state index is 0.197. The van der Waals surface area contributed by atoms with Gasteiger partial charge >= 0.3 is 5.63 Å². The second-order valence-electron chi connectivity index (χ2n) is 3.24. The van der Waals surface area contributed by atoms with Crippen molar-refractivity contribution >= 4 is 27.6 Å². The summed E-state index contributed by atoms with van der Waals surface area (Å²) in [5.41, 5.74) is -0.334. The van der Waals surface area contributed by atoms with Crippen molar-refractivity contribution in [2.45, 2.75) is 19.9 Å². The van der Waals surface area contributed by atoms with Gasteiger partial charge in [-0.1, -0.05) is 0 Å². The van der Waals surface area contributed by atoms with E-state index in [0.717, 1.165) is 0 Å². The molecule has 2 aromatic rings. The van der Waals surface area contributed by atoms with Gasteiger partial charge in [0.25, 0.3) is 6.01 Å². The number of fused-ring (bicyclic) bond motifs is 1. The quantitative estimate of drug-likeness (QED) is 0.824. The van der Waals surface area contributed by atoms with Gasteiger partial charge in [0.1, 0.15) is 4.83 Å². The van der Waals surface area contributed by atoms with Crippen molar-refractivity contribution in [2.24, 2.45) is 0 Å². The van der Waals surface area contributed by atoms with Crippen LogP contribution in [0.3, 0.4) is 0 Å². The molecule has 0 radical (unpaired) electrons. The summed E-state index contributed by atoms with van der Waals surface area (Å²) in [5, 5.41) is 5.33. The van der Waals surface area contributed by atoms with Crippen LogP contribution in [0, 0.1) is 0 Å². The van der Waals surface area contributed by atoms with Crippen molar-refractivity contribution in [1.82, 2.24) is 4.98 Å². The van der Waals surface area contributed by atoms with E-state index < -0.39 is 0 Å². The van der Waals surface area contributed by atoms with E-state index in [-0.39, 0.29) is 11.7 Å². The Morgan fingerprint density at radius 2 is 2.36 bits per heavy atom. The summed E-state index contributed by atoms with van der Waals surface area (Å²) in [5.74, 6) is 0. The molecular formula is C9H10N2O2S. The molecule has 2 rings (SSSR count). The first kappa shape index (κ1) is 9.21. The molecule has 0 unspecified atom stereocenters. The summed E-state index contributed by atoms with van der Waals surface area (Å²) in [6.45, 7) is 3.92. The zero-order valence-electron chi connectivity index (χ0n) is 7.90. The molecule has 0 fully saturated rings. The molecule has 0 saturated heterocycles. The minimum atomic E-state index is -0.334. The van der Waals surface area contributed by atoms with Crippen LogP contribution in [-0.4, -0.2) is 11.0 Å². The van der Waals surface area contributed by atoms with Crippen LogP contribution in [0.15, 0.2) is 20.7 Å². The van der Waals surface area contributed by atoms with Gasteiger partial charge in [-0.25, -0.2) is 4.79 Å². The number of aromatic nitrogens is 1. The molecule has 0 atom stereocenters. The maximum absolute atomic E-state index is 11.4.